The first-order valence-electron chi connectivity index (χ1n) is 9.35. The molecular weight excluding hydrogens is 373 g/mol. The molecule has 2 saturated heterocycles. The molecule has 1 amide bonds. The van der Waals surface area contributed by atoms with Gasteiger partial charge in [0.1, 0.15) is 0 Å². The van der Waals surface area contributed by atoms with Crippen molar-refractivity contribution >= 4 is 5.91 Å². The lowest BCUT2D eigenvalue weighted by Gasteiger charge is -2.47. The highest BCUT2D eigenvalue weighted by atomic mass is 19.4. The van der Waals surface area contributed by atoms with Gasteiger partial charge in [0, 0.05) is 29.3 Å². The fraction of sp³-hybridized carbons (Fsp3) is 0.526. The zero-order chi connectivity index (χ0) is 19.9. The summed E-state index contributed by atoms with van der Waals surface area (Å²) in [7, 11) is 2.16. The second-order valence-electron chi connectivity index (χ2n) is 7.54. The molecule has 2 fully saturated rings. The number of nitrogens with zero attached hydrogens (tertiary/aromatic N) is 3. The van der Waals surface area contributed by atoms with Gasteiger partial charge in [-0.2, -0.15) is 18.2 Å². The molecule has 0 radical (unpaired) electrons. The molecule has 2 aliphatic rings. The van der Waals surface area contributed by atoms with Crippen LogP contribution in [0.2, 0.25) is 0 Å². The van der Waals surface area contributed by atoms with E-state index in [1.165, 1.54) is 31.4 Å². The number of hydrogen-bond donors (Lipinski definition) is 1. The predicted octanol–water partition coefficient (Wildman–Crippen LogP) is 3.50. The van der Waals surface area contributed by atoms with Crippen LogP contribution in [0.4, 0.5) is 13.2 Å². The molecule has 2 aliphatic heterocycles. The van der Waals surface area contributed by atoms with Crippen molar-refractivity contribution in [2.75, 3.05) is 7.05 Å². The SMILES string of the molecule is CN1[C@H]2CCC[C@H]1CC(NC(=O)c1ccc(-c3noc(C(F)(F)F)n3)cc1)C2. The van der Waals surface area contributed by atoms with E-state index in [1.807, 2.05) is 0 Å². The fourth-order valence-electron chi connectivity index (χ4n) is 4.23. The summed E-state index contributed by atoms with van der Waals surface area (Å²) in [6.07, 6.45) is 0.780. The largest absolute Gasteiger partial charge is 0.471 e. The number of carbonyl (C=O) groups excluding carboxylic acids is 1. The molecule has 0 spiro atoms. The van der Waals surface area contributed by atoms with Gasteiger partial charge in [-0.05, 0) is 44.9 Å². The molecule has 0 aliphatic carbocycles. The van der Waals surface area contributed by atoms with Crippen LogP contribution >= 0.6 is 0 Å². The van der Waals surface area contributed by atoms with Crippen LogP contribution in [-0.4, -0.2) is 46.1 Å². The molecule has 1 aromatic heterocycles. The lowest BCUT2D eigenvalue weighted by atomic mass is 9.82. The number of rotatable bonds is 3. The molecule has 2 atom stereocenters. The van der Waals surface area contributed by atoms with Crippen LogP contribution in [0.3, 0.4) is 0 Å². The highest BCUT2D eigenvalue weighted by molar-refractivity contribution is 5.94. The summed E-state index contributed by atoms with van der Waals surface area (Å²) >= 11 is 0. The molecule has 2 aromatic rings. The van der Waals surface area contributed by atoms with E-state index < -0.39 is 12.1 Å². The van der Waals surface area contributed by atoms with E-state index in [2.05, 4.69) is 31.9 Å². The van der Waals surface area contributed by atoms with Gasteiger partial charge in [0.05, 0.1) is 0 Å². The van der Waals surface area contributed by atoms with Gasteiger partial charge in [-0.15, -0.1) is 0 Å². The Kier molecular flexibility index (Phi) is 4.86. The molecular formula is C19H21F3N4O2. The maximum Gasteiger partial charge on any atom is 0.471 e. The van der Waals surface area contributed by atoms with Crippen LogP contribution in [0.5, 0.6) is 0 Å². The van der Waals surface area contributed by atoms with E-state index in [1.54, 1.807) is 12.1 Å². The van der Waals surface area contributed by atoms with Crippen molar-refractivity contribution in [2.24, 2.45) is 0 Å². The Labute approximate surface area is 160 Å². The second kappa shape index (κ2) is 7.20. The van der Waals surface area contributed by atoms with Crippen LogP contribution in [-0.2, 0) is 6.18 Å². The topological polar surface area (TPSA) is 71.3 Å². The van der Waals surface area contributed by atoms with Gasteiger partial charge in [-0.1, -0.05) is 23.7 Å². The van der Waals surface area contributed by atoms with Crippen molar-refractivity contribution in [1.29, 1.82) is 0 Å². The first-order valence-corrected chi connectivity index (χ1v) is 9.35. The first-order chi connectivity index (χ1) is 13.3. The van der Waals surface area contributed by atoms with Crippen molar-refractivity contribution < 1.29 is 22.5 Å². The number of piperidine rings is 2. The maximum absolute atomic E-state index is 12.6. The molecule has 150 valence electrons. The Morgan fingerprint density at radius 1 is 1.18 bits per heavy atom. The lowest BCUT2D eigenvalue weighted by Crippen LogP contribution is -2.55. The van der Waals surface area contributed by atoms with E-state index in [0.717, 1.165) is 12.8 Å². The van der Waals surface area contributed by atoms with Gasteiger partial charge in [-0.25, -0.2) is 0 Å². The van der Waals surface area contributed by atoms with Gasteiger partial charge in [0.25, 0.3) is 5.91 Å². The molecule has 0 saturated carbocycles. The van der Waals surface area contributed by atoms with Crippen molar-refractivity contribution in [1.82, 2.24) is 20.4 Å². The van der Waals surface area contributed by atoms with Crippen molar-refractivity contribution in [3.63, 3.8) is 0 Å². The Balaban J connectivity index is 1.41. The average molecular weight is 394 g/mol. The third-order valence-electron chi connectivity index (χ3n) is 5.75. The average Bonchev–Trinajstić information content (AvgIpc) is 3.13. The monoisotopic (exact) mass is 394 g/mol. The van der Waals surface area contributed by atoms with E-state index in [0.29, 0.717) is 23.2 Å². The normalized spacial score (nSPS) is 25.5. The quantitative estimate of drug-likeness (QED) is 0.863. The van der Waals surface area contributed by atoms with Crippen molar-refractivity contribution in [3.8, 4) is 11.4 Å². The van der Waals surface area contributed by atoms with Crippen LogP contribution < -0.4 is 5.32 Å². The number of benzene rings is 1. The summed E-state index contributed by atoms with van der Waals surface area (Å²) in [4.78, 5) is 18.4. The molecule has 28 heavy (non-hydrogen) atoms. The van der Waals surface area contributed by atoms with Gasteiger partial charge in [0.15, 0.2) is 0 Å². The minimum absolute atomic E-state index is 0.144. The van der Waals surface area contributed by atoms with E-state index in [4.69, 9.17) is 0 Å². The number of halogens is 3. The zero-order valence-electron chi connectivity index (χ0n) is 15.4. The first kappa shape index (κ1) is 18.9. The summed E-state index contributed by atoms with van der Waals surface area (Å²) < 4.78 is 41.9. The highest BCUT2D eigenvalue weighted by Gasteiger charge is 2.39. The minimum atomic E-state index is -4.68. The molecule has 1 aromatic carbocycles. The smallest absolute Gasteiger partial charge is 0.349 e. The second-order valence-corrected chi connectivity index (χ2v) is 7.54. The van der Waals surface area contributed by atoms with Gasteiger partial charge >= 0.3 is 12.1 Å². The van der Waals surface area contributed by atoms with Gasteiger partial charge < -0.3 is 14.7 Å². The maximum atomic E-state index is 12.6. The third-order valence-corrected chi connectivity index (χ3v) is 5.75. The Morgan fingerprint density at radius 3 is 2.39 bits per heavy atom. The number of nitrogens with one attached hydrogen (secondary N) is 1. The third kappa shape index (κ3) is 3.76. The van der Waals surface area contributed by atoms with Crippen LogP contribution in [0.15, 0.2) is 28.8 Å². The van der Waals surface area contributed by atoms with E-state index in [9.17, 15) is 18.0 Å². The summed E-state index contributed by atoms with van der Waals surface area (Å²) in [5, 5.41) is 6.45. The summed E-state index contributed by atoms with van der Waals surface area (Å²) in [5.41, 5.74) is 0.803. The molecule has 4 rings (SSSR count). The van der Waals surface area contributed by atoms with E-state index >= 15 is 0 Å². The number of hydrogen-bond acceptors (Lipinski definition) is 5. The molecule has 3 heterocycles. The number of carbonyl (C=O) groups is 1. The molecule has 1 N–H and O–H groups in total. The van der Waals surface area contributed by atoms with Crippen LogP contribution in [0.25, 0.3) is 11.4 Å². The lowest BCUT2D eigenvalue weighted by molar-refractivity contribution is -0.159. The zero-order valence-corrected chi connectivity index (χ0v) is 15.4. The summed E-state index contributed by atoms with van der Waals surface area (Å²) in [6, 6.07) is 7.33. The van der Waals surface area contributed by atoms with E-state index in [-0.39, 0.29) is 17.8 Å². The van der Waals surface area contributed by atoms with Gasteiger partial charge in [-0.3, -0.25) is 4.79 Å². The Morgan fingerprint density at radius 2 is 1.82 bits per heavy atom. The van der Waals surface area contributed by atoms with Crippen LogP contribution in [0.1, 0.15) is 48.4 Å². The minimum Gasteiger partial charge on any atom is -0.349 e. The number of alkyl halides is 3. The molecule has 2 bridgehead atoms. The fourth-order valence-corrected chi connectivity index (χ4v) is 4.23. The number of aromatic nitrogens is 2. The Hall–Kier alpha value is -2.42. The molecule has 0 unspecified atom stereocenters. The molecule has 9 heteroatoms. The van der Waals surface area contributed by atoms with Crippen molar-refractivity contribution in [2.45, 2.75) is 56.4 Å². The standard InChI is InChI=1S/C19H21F3N4O2/c1-26-14-3-2-4-15(26)10-13(9-14)23-17(27)12-7-5-11(6-8-12)16-24-18(28-25-16)19(20,21)22/h5-8,13-15H,2-4,9-10H2,1H3,(H,23,27)/t14-,15-/m0/s1. The molecule has 6 nitrogen and oxygen atoms in total. The number of fused-ring (bicyclic) bond motifs is 2. The Bertz CT molecular complexity index is 836. The highest BCUT2D eigenvalue weighted by Crippen LogP contribution is 2.33. The van der Waals surface area contributed by atoms with Gasteiger partial charge in [0.2, 0.25) is 5.82 Å². The van der Waals surface area contributed by atoms with Crippen molar-refractivity contribution in [3.05, 3.63) is 35.7 Å². The number of amides is 1. The summed E-state index contributed by atoms with van der Waals surface area (Å²) in [5.74, 6) is -1.73. The summed E-state index contributed by atoms with van der Waals surface area (Å²) in [6.45, 7) is 0. The van der Waals surface area contributed by atoms with Crippen LogP contribution in [0, 0.1) is 0 Å². The predicted molar refractivity (Wildman–Crippen MR) is 94.4 cm³/mol.